The first kappa shape index (κ1) is 26.0. The molecule has 0 spiro atoms. The van der Waals surface area contributed by atoms with Crippen LogP contribution in [0, 0.1) is 12.8 Å². The highest BCUT2D eigenvalue weighted by molar-refractivity contribution is 7.18. The Morgan fingerprint density at radius 3 is 2.74 bits per heavy atom. The third kappa shape index (κ3) is 5.58. The molecule has 2 atom stereocenters. The predicted octanol–water partition coefficient (Wildman–Crippen LogP) is 7.55. The molecule has 2 aromatic heterocycles. The molecule has 7 nitrogen and oxygen atoms in total. The van der Waals surface area contributed by atoms with Crippen molar-refractivity contribution in [1.29, 1.82) is 0 Å². The number of thiazole rings is 1. The molecule has 2 aliphatic rings. The lowest BCUT2D eigenvalue weighted by atomic mass is 10.0. The van der Waals surface area contributed by atoms with Crippen LogP contribution in [0.4, 0.5) is 0 Å². The van der Waals surface area contributed by atoms with Crippen LogP contribution in [0.5, 0.6) is 5.75 Å². The quantitative estimate of drug-likeness (QED) is 0.219. The van der Waals surface area contributed by atoms with E-state index in [0.29, 0.717) is 24.2 Å². The van der Waals surface area contributed by atoms with Gasteiger partial charge in [0.2, 0.25) is 0 Å². The van der Waals surface area contributed by atoms with E-state index in [4.69, 9.17) is 19.0 Å². The molecule has 0 unspecified atom stereocenters. The number of nitrogens with zero attached hydrogens (tertiary/aromatic N) is 2. The van der Waals surface area contributed by atoms with Gasteiger partial charge in [-0.25, -0.2) is 9.78 Å². The molecule has 39 heavy (non-hydrogen) atoms. The maximum Gasteiger partial charge on any atom is 0.335 e. The van der Waals surface area contributed by atoms with Crippen LogP contribution in [-0.2, 0) is 17.8 Å². The molecule has 1 N–H and O–H groups in total. The van der Waals surface area contributed by atoms with Crippen LogP contribution in [0.15, 0.2) is 40.9 Å². The molecular formula is C31H34N2O5S. The van der Waals surface area contributed by atoms with E-state index in [9.17, 15) is 9.90 Å². The average molecular weight is 547 g/mol. The number of hydrogen-bond donors (Lipinski definition) is 1. The fourth-order valence-corrected chi connectivity index (χ4v) is 6.73. The van der Waals surface area contributed by atoms with Crippen LogP contribution in [-0.4, -0.2) is 33.4 Å². The zero-order chi connectivity index (χ0) is 27.1. The maximum atomic E-state index is 11.6. The Kier molecular flexibility index (Phi) is 7.16. The second-order valence-corrected chi connectivity index (χ2v) is 12.3. The van der Waals surface area contributed by atoms with Gasteiger partial charge in [-0.1, -0.05) is 29.4 Å². The number of aromatic nitrogens is 2. The number of fused-ring (bicyclic) bond motifs is 1. The molecule has 2 aromatic carbocycles. The number of aromatic carboxylic acids is 1. The van der Waals surface area contributed by atoms with Gasteiger partial charge in [0.1, 0.15) is 22.7 Å². The lowest BCUT2D eigenvalue weighted by molar-refractivity contribution is 0.0424. The molecule has 2 heterocycles. The van der Waals surface area contributed by atoms with E-state index in [-0.39, 0.29) is 17.8 Å². The number of rotatable bonds is 10. The maximum absolute atomic E-state index is 11.6. The fourth-order valence-electron chi connectivity index (χ4n) is 5.59. The molecule has 0 radical (unpaired) electrons. The molecule has 2 fully saturated rings. The zero-order valence-electron chi connectivity index (χ0n) is 22.6. The number of aryl methyl sites for hydroxylation is 1. The molecular weight excluding hydrogens is 512 g/mol. The van der Waals surface area contributed by atoms with Crippen LogP contribution >= 0.6 is 11.3 Å². The molecule has 2 saturated carbocycles. The summed E-state index contributed by atoms with van der Waals surface area (Å²) in [6.45, 7) is 6.49. The molecule has 0 aliphatic heterocycles. The lowest BCUT2D eigenvalue weighted by Crippen LogP contribution is -2.10. The van der Waals surface area contributed by atoms with Crippen molar-refractivity contribution in [3.63, 3.8) is 0 Å². The van der Waals surface area contributed by atoms with Gasteiger partial charge in [-0.3, -0.25) is 0 Å². The second-order valence-electron chi connectivity index (χ2n) is 11.2. The van der Waals surface area contributed by atoms with E-state index >= 15 is 0 Å². The van der Waals surface area contributed by atoms with Crippen LogP contribution in [0.1, 0.15) is 84.1 Å². The summed E-state index contributed by atoms with van der Waals surface area (Å²) in [7, 11) is 0. The minimum atomic E-state index is -0.959. The monoisotopic (exact) mass is 546 g/mol. The molecule has 204 valence electrons. The van der Waals surface area contributed by atoms with Gasteiger partial charge >= 0.3 is 5.97 Å². The van der Waals surface area contributed by atoms with Crippen molar-refractivity contribution in [3.05, 3.63) is 63.9 Å². The molecule has 6 rings (SSSR count). The van der Waals surface area contributed by atoms with Crippen molar-refractivity contribution in [2.45, 2.75) is 84.0 Å². The lowest BCUT2D eigenvalue weighted by Gasteiger charge is -2.13. The normalized spacial score (nSPS) is 19.3. The molecule has 8 heteroatoms. The van der Waals surface area contributed by atoms with Gasteiger partial charge in [0, 0.05) is 23.5 Å². The fraction of sp³-hybridized carbons (Fsp3) is 0.452. The van der Waals surface area contributed by atoms with E-state index in [1.54, 1.807) is 23.5 Å². The van der Waals surface area contributed by atoms with Gasteiger partial charge in [-0.05, 0) is 76.5 Å². The number of hydrogen-bond acceptors (Lipinski definition) is 7. The van der Waals surface area contributed by atoms with Gasteiger partial charge < -0.3 is 19.1 Å². The molecule has 0 saturated heterocycles. The minimum Gasteiger partial charge on any atom is -0.489 e. The number of benzene rings is 2. The summed E-state index contributed by atoms with van der Waals surface area (Å²) < 4.78 is 19.1. The Hall–Kier alpha value is -3.23. The van der Waals surface area contributed by atoms with E-state index in [1.807, 2.05) is 26.0 Å². The third-order valence-electron chi connectivity index (χ3n) is 7.70. The van der Waals surface area contributed by atoms with E-state index in [2.05, 4.69) is 24.2 Å². The highest BCUT2D eigenvalue weighted by Crippen LogP contribution is 2.45. The highest BCUT2D eigenvalue weighted by atomic mass is 32.1. The first-order valence-corrected chi connectivity index (χ1v) is 14.7. The molecule has 2 aliphatic carbocycles. The smallest absolute Gasteiger partial charge is 0.335 e. The number of carboxylic acids is 1. The summed E-state index contributed by atoms with van der Waals surface area (Å²) in [5, 5.41) is 15.0. The summed E-state index contributed by atoms with van der Waals surface area (Å²) in [4.78, 5) is 16.5. The van der Waals surface area contributed by atoms with E-state index in [1.165, 1.54) is 5.56 Å². The highest BCUT2D eigenvalue weighted by Gasteiger charge is 2.34. The van der Waals surface area contributed by atoms with Crippen molar-refractivity contribution < 1.29 is 23.9 Å². The Bertz CT molecular complexity index is 1500. The summed E-state index contributed by atoms with van der Waals surface area (Å²) >= 11 is 1.57. The van der Waals surface area contributed by atoms with Crippen LogP contribution in [0.3, 0.4) is 0 Å². The van der Waals surface area contributed by atoms with Crippen molar-refractivity contribution in [1.82, 2.24) is 10.1 Å². The van der Waals surface area contributed by atoms with E-state index < -0.39 is 5.97 Å². The Morgan fingerprint density at radius 1 is 1.18 bits per heavy atom. The predicted molar refractivity (Wildman–Crippen MR) is 151 cm³/mol. The van der Waals surface area contributed by atoms with Crippen molar-refractivity contribution >= 4 is 27.5 Å². The van der Waals surface area contributed by atoms with Gasteiger partial charge in [-0.2, -0.15) is 0 Å². The van der Waals surface area contributed by atoms with E-state index in [0.717, 1.165) is 76.3 Å². The standard InChI is InChI=1S/C31H34N2O5S/c1-17(2)37-25-14-21(31(34)35)15-26-29(25)32-27(39-26)13-19-8-11-22(12-19)36-16-24-28(23-7-5-4-6-18(23)3)33-38-30(24)20-9-10-20/h4-7,14-15,17,19-20,22H,8-13,16H2,1-3H3,(H,34,35)/t19-,22+/m1/s1. The summed E-state index contributed by atoms with van der Waals surface area (Å²) in [6, 6.07) is 11.6. The minimum absolute atomic E-state index is 0.0627. The topological polar surface area (TPSA) is 94.7 Å². The summed E-state index contributed by atoms with van der Waals surface area (Å²) in [6.07, 6.45) is 6.38. The van der Waals surface area contributed by atoms with Crippen LogP contribution < -0.4 is 4.74 Å². The second kappa shape index (κ2) is 10.7. The number of carbonyl (C=O) groups is 1. The van der Waals surface area contributed by atoms with Gasteiger partial charge in [0.05, 0.1) is 34.1 Å². The van der Waals surface area contributed by atoms with Crippen LogP contribution in [0.2, 0.25) is 0 Å². The van der Waals surface area contributed by atoms with Gasteiger partial charge in [0.25, 0.3) is 0 Å². The number of carboxylic acid groups (broad SMARTS) is 1. The molecule has 0 amide bonds. The van der Waals surface area contributed by atoms with Gasteiger partial charge in [-0.15, -0.1) is 11.3 Å². The Morgan fingerprint density at radius 2 is 2.00 bits per heavy atom. The first-order valence-electron chi connectivity index (χ1n) is 13.8. The summed E-state index contributed by atoms with van der Waals surface area (Å²) in [5.74, 6) is 1.53. The van der Waals surface area contributed by atoms with Gasteiger partial charge in [0.15, 0.2) is 0 Å². The molecule has 4 aromatic rings. The van der Waals surface area contributed by atoms with Crippen LogP contribution in [0.25, 0.3) is 21.5 Å². The molecule has 0 bridgehead atoms. The van der Waals surface area contributed by atoms with Crippen molar-refractivity contribution in [2.75, 3.05) is 0 Å². The third-order valence-corrected chi connectivity index (χ3v) is 8.73. The largest absolute Gasteiger partial charge is 0.489 e. The number of ether oxygens (including phenoxy) is 2. The zero-order valence-corrected chi connectivity index (χ0v) is 23.4. The average Bonchev–Trinajstić information content (AvgIpc) is 3.29. The Labute approximate surface area is 232 Å². The first-order chi connectivity index (χ1) is 18.9. The van der Waals surface area contributed by atoms with Crippen molar-refractivity contribution in [3.8, 4) is 17.0 Å². The van der Waals surface area contributed by atoms with Crippen molar-refractivity contribution in [2.24, 2.45) is 5.92 Å². The Balaban J connectivity index is 1.14. The summed E-state index contributed by atoms with van der Waals surface area (Å²) in [5.41, 5.74) is 5.30. The SMILES string of the molecule is Cc1ccccc1-c1noc(C2CC2)c1CO[C@H]1CC[C@@H](Cc2nc3c(OC(C)C)cc(C(=O)O)cc3s2)C1.